The standard InChI is InChI=1S/C50H40Cl2N4O9/c1-62-31-16-11-28(12-17-31)50-35(20-8-26-22-41(63-2)44(57)42(23-26)64-3)32-18-19-33-43(34(32)25-36(50)47(59)56(49(50)61)54-38-21-13-29(51)24-37(38)52)48(60)55(46(33)58)30-14-9-27(10-15-30)45-53-39-6-4-5-7-40(39)65-45/h4-18,20-24,33-36,43,54,57H,19,25H2,1-3H3. The van der Waals surface area contributed by atoms with E-state index < -0.39 is 52.7 Å². The van der Waals surface area contributed by atoms with Crippen LogP contribution >= 0.6 is 23.2 Å². The van der Waals surface area contributed by atoms with Gasteiger partial charge in [0.2, 0.25) is 23.5 Å². The number of hydrazine groups is 1. The van der Waals surface area contributed by atoms with Gasteiger partial charge in [-0.05, 0) is 109 Å². The number of aromatic hydroxyl groups is 1. The number of amides is 4. The molecule has 65 heavy (non-hydrogen) atoms. The van der Waals surface area contributed by atoms with Crippen molar-refractivity contribution in [3.8, 4) is 34.5 Å². The Morgan fingerprint density at radius 1 is 0.831 bits per heavy atom. The molecule has 15 heteroatoms. The van der Waals surface area contributed by atoms with Crippen molar-refractivity contribution in [2.75, 3.05) is 31.7 Å². The number of carbonyl (C=O) groups is 4. The molecule has 2 aliphatic heterocycles. The van der Waals surface area contributed by atoms with Crippen molar-refractivity contribution in [3.63, 3.8) is 0 Å². The fraction of sp³-hybridized carbons (Fsp3) is 0.220. The predicted octanol–water partition coefficient (Wildman–Crippen LogP) is 9.27. The number of phenols is 1. The summed E-state index contributed by atoms with van der Waals surface area (Å²) in [5.74, 6) is -4.79. The highest BCUT2D eigenvalue weighted by Crippen LogP contribution is 2.62. The average molecular weight is 912 g/mol. The maximum atomic E-state index is 15.6. The molecule has 1 saturated carbocycles. The average Bonchev–Trinajstić information content (AvgIpc) is 3.94. The summed E-state index contributed by atoms with van der Waals surface area (Å²) in [5.41, 5.74) is 5.98. The SMILES string of the molecule is COc1ccc(C23C(=O)N(Nc4ccc(Cl)cc4Cl)C(=O)C2CC2C(=CCC4C(=O)N(c5ccc(-c6nc7ccccc7o6)cc5)C(=O)C42)C3C=Cc2cc(OC)c(O)c(OC)c2)cc1. The van der Waals surface area contributed by atoms with Crippen LogP contribution < -0.4 is 24.5 Å². The number of benzene rings is 5. The van der Waals surface area contributed by atoms with Crippen LogP contribution in [-0.4, -0.2) is 60.1 Å². The predicted molar refractivity (Wildman–Crippen MR) is 244 cm³/mol. The van der Waals surface area contributed by atoms with Gasteiger partial charge in [0.1, 0.15) is 11.3 Å². The fourth-order valence-corrected chi connectivity index (χ4v) is 10.8. The number of aromatic nitrogens is 1. The van der Waals surface area contributed by atoms with Gasteiger partial charge in [-0.2, -0.15) is 5.01 Å². The van der Waals surface area contributed by atoms with Crippen molar-refractivity contribution in [3.05, 3.63) is 142 Å². The maximum Gasteiger partial charge on any atom is 0.260 e. The molecule has 6 unspecified atom stereocenters. The molecule has 6 atom stereocenters. The highest BCUT2D eigenvalue weighted by Gasteiger charge is 2.69. The molecule has 1 aromatic heterocycles. The summed E-state index contributed by atoms with van der Waals surface area (Å²) >= 11 is 12.8. The Labute approximate surface area is 382 Å². The molecule has 10 rings (SSSR count). The number of halogens is 2. The van der Waals surface area contributed by atoms with Crippen molar-refractivity contribution < 1.29 is 42.9 Å². The molecule has 2 aliphatic carbocycles. The molecule has 328 valence electrons. The number of nitrogens with zero attached hydrogens (tertiary/aromatic N) is 3. The summed E-state index contributed by atoms with van der Waals surface area (Å²) in [7, 11) is 4.39. The normalized spacial score (nSPS) is 23.7. The lowest BCUT2D eigenvalue weighted by Crippen LogP contribution is -2.54. The number of allylic oxidation sites excluding steroid dienone is 3. The van der Waals surface area contributed by atoms with Gasteiger partial charge in [-0.25, -0.2) is 4.98 Å². The van der Waals surface area contributed by atoms with Crippen molar-refractivity contribution in [2.24, 2.45) is 29.6 Å². The van der Waals surface area contributed by atoms with Crippen molar-refractivity contribution >= 4 is 75.4 Å². The van der Waals surface area contributed by atoms with E-state index in [9.17, 15) is 14.7 Å². The number of fused-ring (bicyclic) bond motifs is 5. The number of para-hydroxylation sites is 2. The highest BCUT2D eigenvalue weighted by atomic mass is 35.5. The number of imide groups is 2. The van der Waals surface area contributed by atoms with Crippen molar-refractivity contribution in [2.45, 2.75) is 18.3 Å². The Hall–Kier alpha value is -7.09. The second-order valence-corrected chi connectivity index (χ2v) is 17.3. The number of phenolic OH excluding ortho intramolecular Hbond substituents is 1. The van der Waals surface area contributed by atoms with E-state index in [2.05, 4.69) is 10.4 Å². The van der Waals surface area contributed by atoms with E-state index in [1.54, 1.807) is 78.9 Å². The number of ether oxygens (including phenoxy) is 3. The van der Waals surface area contributed by atoms with E-state index in [-0.39, 0.29) is 46.7 Å². The van der Waals surface area contributed by atoms with E-state index in [1.165, 1.54) is 32.3 Å². The third-order valence-electron chi connectivity index (χ3n) is 13.3. The lowest BCUT2D eigenvalue weighted by atomic mass is 9.50. The Kier molecular flexibility index (Phi) is 10.4. The second kappa shape index (κ2) is 16.2. The molecule has 6 aromatic rings. The van der Waals surface area contributed by atoms with Gasteiger partial charge in [-0.15, -0.1) is 0 Å². The first-order valence-corrected chi connectivity index (χ1v) is 21.6. The zero-order valence-electron chi connectivity index (χ0n) is 35.2. The van der Waals surface area contributed by atoms with E-state index in [0.717, 1.165) is 10.6 Å². The van der Waals surface area contributed by atoms with Gasteiger partial charge in [-0.1, -0.05) is 71.3 Å². The molecular formula is C50H40Cl2N4O9. The first-order valence-electron chi connectivity index (χ1n) is 20.9. The first kappa shape index (κ1) is 41.9. The quantitative estimate of drug-likeness (QED) is 0.0996. The lowest BCUT2D eigenvalue weighted by molar-refractivity contribution is -0.139. The van der Waals surface area contributed by atoms with Crippen LogP contribution in [0.15, 0.2) is 125 Å². The summed E-state index contributed by atoms with van der Waals surface area (Å²) in [4.78, 5) is 65.9. The summed E-state index contributed by atoms with van der Waals surface area (Å²) in [5, 5.41) is 12.3. The minimum Gasteiger partial charge on any atom is -0.502 e. The van der Waals surface area contributed by atoms with Crippen LogP contribution in [0.3, 0.4) is 0 Å². The van der Waals surface area contributed by atoms with Gasteiger partial charge in [-0.3, -0.25) is 29.5 Å². The van der Waals surface area contributed by atoms with Crippen LogP contribution in [0.5, 0.6) is 23.0 Å². The minimum absolute atomic E-state index is 0.0743. The molecular weight excluding hydrogens is 871 g/mol. The molecule has 3 heterocycles. The summed E-state index contributed by atoms with van der Waals surface area (Å²) in [6.45, 7) is 0. The number of rotatable bonds is 10. The second-order valence-electron chi connectivity index (χ2n) is 16.4. The molecule has 0 radical (unpaired) electrons. The van der Waals surface area contributed by atoms with Crippen LogP contribution in [0, 0.1) is 29.6 Å². The lowest BCUT2D eigenvalue weighted by Gasteiger charge is -2.49. The zero-order chi connectivity index (χ0) is 45.3. The topological polar surface area (TPSA) is 161 Å². The first-order chi connectivity index (χ1) is 31.5. The highest BCUT2D eigenvalue weighted by molar-refractivity contribution is 6.36. The van der Waals surface area contributed by atoms with Crippen LogP contribution in [-0.2, 0) is 24.6 Å². The summed E-state index contributed by atoms with van der Waals surface area (Å²) in [6, 6.07) is 29.4. The molecule has 13 nitrogen and oxygen atoms in total. The number of nitrogens with one attached hydrogen (secondary N) is 1. The molecule has 2 saturated heterocycles. The third kappa shape index (κ3) is 6.63. The van der Waals surface area contributed by atoms with Crippen LogP contribution in [0.4, 0.5) is 11.4 Å². The summed E-state index contributed by atoms with van der Waals surface area (Å²) < 4.78 is 22.4. The van der Waals surface area contributed by atoms with E-state index in [4.69, 9.17) is 41.8 Å². The maximum absolute atomic E-state index is 15.6. The molecule has 5 aromatic carbocycles. The number of carbonyl (C=O) groups excluding carboxylic acids is 4. The molecule has 4 aliphatic rings. The van der Waals surface area contributed by atoms with Gasteiger partial charge >= 0.3 is 0 Å². The van der Waals surface area contributed by atoms with Crippen LogP contribution in [0.2, 0.25) is 10.0 Å². The molecule has 3 fully saturated rings. The molecule has 0 bridgehead atoms. The van der Waals surface area contributed by atoms with Gasteiger partial charge < -0.3 is 23.7 Å². The van der Waals surface area contributed by atoms with Crippen LogP contribution in [0.25, 0.3) is 28.6 Å². The zero-order valence-corrected chi connectivity index (χ0v) is 36.7. The minimum atomic E-state index is -1.57. The third-order valence-corrected chi connectivity index (χ3v) is 13.8. The Morgan fingerprint density at radius 3 is 2.23 bits per heavy atom. The van der Waals surface area contributed by atoms with Crippen molar-refractivity contribution in [1.29, 1.82) is 0 Å². The van der Waals surface area contributed by atoms with E-state index in [1.807, 2.05) is 36.4 Å². The van der Waals surface area contributed by atoms with E-state index in [0.29, 0.717) is 50.1 Å². The van der Waals surface area contributed by atoms with Gasteiger partial charge in [0.25, 0.3) is 11.8 Å². The van der Waals surface area contributed by atoms with Crippen molar-refractivity contribution in [1.82, 2.24) is 9.99 Å². The molecule has 0 spiro atoms. The number of hydrogen-bond acceptors (Lipinski definition) is 11. The molecule has 4 amide bonds. The Bertz CT molecular complexity index is 2950. The van der Waals surface area contributed by atoms with Crippen LogP contribution in [0.1, 0.15) is 24.0 Å². The number of hydrogen-bond donors (Lipinski definition) is 2. The van der Waals surface area contributed by atoms with Gasteiger partial charge in [0, 0.05) is 16.5 Å². The summed E-state index contributed by atoms with van der Waals surface area (Å²) in [6.07, 6.45) is 5.90. The van der Waals surface area contributed by atoms with Gasteiger partial charge in [0.15, 0.2) is 17.1 Å². The smallest absolute Gasteiger partial charge is 0.260 e. The van der Waals surface area contributed by atoms with Gasteiger partial charge in [0.05, 0.1) is 60.9 Å². The number of methoxy groups -OCH3 is 3. The molecule has 2 N–H and O–H groups in total. The van der Waals surface area contributed by atoms with E-state index >= 15 is 9.59 Å². The number of oxazole rings is 1. The largest absolute Gasteiger partial charge is 0.502 e. The number of anilines is 2. The Balaban J connectivity index is 1.09. The monoisotopic (exact) mass is 910 g/mol. The Morgan fingerprint density at radius 2 is 1.55 bits per heavy atom. The fourth-order valence-electron chi connectivity index (χ4n) is 10.3.